The zero-order valence-electron chi connectivity index (χ0n) is 11.6. The minimum atomic E-state index is 0.261. The van der Waals surface area contributed by atoms with Crippen molar-refractivity contribution in [2.75, 3.05) is 5.73 Å². The van der Waals surface area contributed by atoms with Crippen LogP contribution in [0.25, 0.3) is 0 Å². The lowest BCUT2D eigenvalue weighted by Crippen LogP contribution is -2.23. The summed E-state index contributed by atoms with van der Waals surface area (Å²) in [7, 11) is 0. The Hall–Kier alpha value is -0.980. The number of para-hydroxylation sites is 1. The molecule has 0 saturated carbocycles. The van der Waals surface area contributed by atoms with Crippen molar-refractivity contribution in [1.29, 1.82) is 0 Å². The minimum absolute atomic E-state index is 0.261. The third-order valence-corrected chi connectivity index (χ3v) is 3.78. The first-order valence-corrected chi connectivity index (χ1v) is 6.99. The van der Waals surface area contributed by atoms with Crippen molar-refractivity contribution in [3.8, 4) is 0 Å². The zero-order chi connectivity index (χ0) is 12.7. The van der Waals surface area contributed by atoms with E-state index in [-0.39, 0.29) is 5.41 Å². The van der Waals surface area contributed by atoms with E-state index in [1.165, 1.54) is 44.1 Å². The molecule has 0 fully saturated rings. The molecular weight excluding hydrogens is 206 g/mol. The Kier molecular flexibility index (Phi) is 5.54. The van der Waals surface area contributed by atoms with E-state index in [4.69, 9.17) is 5.73 Å². The predicted molar refractivity (Wildman–Crippen MR) is 77.3 cm³/mol. The fourth-order valence-electron chi connectivity index (χ4n) is 2.57. The van der Waals surface area contributed by atoms with Crippen LogP contribution < -0.4 is 5.73 Å². The Balaban J connectivity index is 2.92. The van der Waals surface area contributed by atoms with Gasteiger partial charge < -0.3 is 5.73 Å². The Morgan fingerprint density at radius 2 is 1.53 bits per heavy atom. The summed E-state index contributed by atoms with van der Waals surface area (Å²) in [6.07, 6.45) is 7.58. The predicted octanol–water partition coefficient (Wildman–Crippen LogP) is 4.91. The summed E-state index contributed by atoms with van der Waals surface area (Å²) in [6.45, 7) is 6.90. The molecule has 0 radical (unpaired) electrons. The Morgan fingerprint density at radius 3 is 2.00 bits per heavy atom. The van der Waals surface area contributed by atoms with Crippen LogP contribution in [-0.4, -0.2) is 0 Å². The SMILES string of the molecule is CCCCC(C)(CCCC)c1ccccc1N. The monoisotopic (exact) mass is 233 g/mol. The van der Waals surface area contributed by atoms with Crippen molar-refractivity contribution in [2.45, 2.75) is 64.7 Å². The largest absolute Gasteiger partial charge is 0.398 e. The van der Waals surface area contributed by atoms with Crippen LogP contribution in [-0.2, 0) is 5.41 Å². The van der Waals surface area contributed by atoms with Gasteiger partial charge in [-0.1, -0.05) is 64.7 Å². The standard InChI is InChI=1S/C16H27N/c1-4-6-12-16(3,13-7-5-2)14-10-8-9-11-15(14)17/h8-11H,4-7,12-13,17H2,1-3H3. The third kappa shape index (κ3) is 3.76. The molecule has 17 heavy (non-hydrogen) atoms. The number of hydrogen-bond donors (Lipinski definition) is 1. The van der Waals surface area contributed by atoms with Crippen LogP contribution in [0.3, 0.4) is 0 Å². The third-order valence-electron chi connectivity index (χ3n) is 3.78. The smallest absolute Gasteiger partial charge is 0.0352 e. The maximum absolute atomic E-state index is 6.15. The van der Waals surface area contributed by atoms with Crippen molar-refractivity contribution in [1.82, 2.24) is 0 Å². The zero-order valence-corrected chi connectivity index (χ0v) is 11.6. The number of benzene rings is 1. The van der Waals surface area contributed by atoms with E-state index in [0.717, 1.165) is 5.69 Å². The number of unbranched alkanes of at least 4 members (excludes halogenated alkanes) is 2. The Bertz CT molecular complexity index is 322. The molecular formula is C16H27N. The minimum Gasteiger partial charge on any atom is -0.398 e. The molecule has 0 unspecified atom stereocenters. The van der Waals surface area contributed by atoms with E-state index < -0.39 is 0 Å². The summed E-state index contributed by atoms with van der Waals surface area (Å²) in [6, 6.07) is 8.38. The highest BCUT2D eigenvalue weighted by molar-refractivity contribution is 5.50. The molecule has 96 valence electrons. The molecule has 0 bridgehead atoms. The van der Waals surface area contributed by atoms with Crippen LogP contribution in [0.1, 0.15) is 64.9 Å². The van der Waals surface area contributed by atoms with Gasteiger partial charge in [0.1, 0.15) is 0 Å². The quantitative estimate of drug-likeness (QED) is 0.665. The van der Waals surface area contributed by atoms with Gasteiger partial charge in [-0.2, -0.15) is 0 Å². The van der Waals surface area contributed by atoms with Gasteiger partial charge in [0.05, 0.1) is 0 Å². The van der Waals surface area contributed by atoms with Gasteiger partial charge >= 0.3 is 0 Å². The molecule has 0 heterocycles. The first-order chi connectivity index (χ1) is 8.14. The highest BCUT2D eigenvalue weighted by atomic mass is 14.6. The van der Waals surface area contributed by atoms with Gasteiger partial charge in [-0.05, 0) is 29.9 Å². The van der Waals surface area contributed by atoms with E-state index in [2.05, 4.69) is 32.9 Å². The maximum Gasteiger partial charge on any atom is 0.0352 e. The molecule has 0 aliphatic rings. The first kappa shape index (κ1) is 14.1. The fourth-order valence-corrected chi connectivity index (χ4v) is 2.57. The van der Waals surface area contributed by atoms with Crippen molar-refractivity contribution in [2.24, 2.45) is 0 Å². The number of rotatable bonds is 7. The number of nitrogen functional groups attached to an aromatic ring is 1. The van der Waals surface area contributed by atoms with Crippen LogP contribution in [0.5, 0.6) is 0 Å². The Morgan fingerprint density at radius 1 is 1.00 bits per heavy atom. The summed E-state index contributed by atoms with van der Waals surface area (Å²) < 4.78 is 0. The number of nitrogens with two attached hydrogens (primary N) is 1. The van der Waals surface area contributed by atoms with Crippen molar-refractivity contribution in [3.63, 3.8) is 0 Å². The molecule has 1 aromatic carbocycles. The van der Waals surface area contributed by atoms with Gasteiger partial charge in [0.15, 0.2) is 0 Å². The molecule has 1 heteroatoms. The van der Waals surface area contributed by atoms with Crippen molar-refractivity contribution in [3.05, 3.63) is 29.8 Å². The summed E-state index contributed by atoms with van der Waals surface area (Å²) in [5, 5.41) is 0. The van der Waals surface area contributed by atoms with E-state index in [0.29, 0.717) is 0 Å². The maximum atomic E-state index is 6.15. The van der Waals surface area contributed by atoms with Gasteiger partial charge in [-0.15, -0.1) is 0 Å². The lowest BCUT2D eigenvalue weighted by molar-refractivity contribution is 0.375. The molecule has 0 atom stereocenters. The number of anilines is 1. The van der Waals surface area contributed by atoms with Crippen molar-refractivity contribution >= 4 is 5.69 Å². The molecule has 0 spiro atoms. The molecule has 0 aromatic heterocycles. The van der Waals surface area contributed by atoms with Gasteiger partial charge in [-0.25, -0.2) is 0 Å². The van der Waals surface area contributed by atoms with E-state index in [1.807, 2.05) is 12.1 Å². The topological polar surface area (TPSA) is 26.0 Å². The van der Waals surface area contributed by atoms with Crippen LogP contribution in [0.2, 0.25) is 0 Å². The molecule has 0 amide bonds. The van der Waals surface area contributed by atoms with E-state index in [9.17, 15) is 0 Å². The molecule has 1 rings (SSSR count). The Labute approximate surface area is 106 Å². The lowest BCUT2D eigenvalue weighted by Gasteiger charge is -2.31. The van der Waals surface area contributed by atoms with Gasteiger partial charge in [0.2, 0.25) is 0 Å². The second-order valence-electron chi connectivity index (χ2n) is 5.36. The summed E-state index contributed by atoms with van der Waals surface area (Å²) in [5.74, 6) is 0. The van der Waals surface area contributed by atoms with Crippen LogP contribution in [0, 0.1) is 0 Å². The summed E-state index contributed by atoms with van der Waals surface area (Å²) in [5.41, 5.74) is 8.72. The second-order valence-corrected chi connectivity index (χ2v) is 5.36. The summed E-state index contributed by atoms with van der Waals surface area (Å²) in [4.78, 5) is 0. The fraction of sp³-hybridized carbons (Fsp3) is 0.625. The van der Waals surface area contributed by atoms with Crippen LogP contribution in [0.15, 0.2) is 24.3 Å². The summed E-state index contributed by atoms with van der Waals surface area (Å²) >= 11 is 0. The van der Waals surface area contributed by atoms with Crippen LogP contribution in [0.4, 0.5) is 5.69 Å². The van der Waals surface area contributed by atoms with E-state index in [1.54, 1.807) is 0 Å². The first-order valence-electron chi connectivity index (χ1n) is 6.99. The highest BCUT2D eigenvalue weighted by Gasteiger charge is 2.26. The van der Waals surface area contributed by atoms with Crippen LogP contribution >= 0.6 is 0 Å². The molecule has 0 aliphatic carbocycles. The average Bonchev–Trinajstić information content (AvgIpc) is 2.34. The average molecular weight is 233 g/mol. The molecule has 0 saturated heterocycles. The van der Waals surface area contributed by atoms with Gasteiger partial charge in [-0.3, -0.25) is 0 Å². The van der Waals surface area contributed by atoms with E-state index >= 15 is 0 Å². The van der Waals surface area contributed by atoms with Crippen molar-refractivity contribution < 1.29 is 0 Å². The molecule has 0 aliphatic heterocycles. The van der Waals surface area contributed by atoms with Gasteiger partial charge in [0.25, 0.3) is 0 Å². The lowest BCUT2D eigenvalue weighted by atomic mass is 9.74. The molecule has 1 aromatic rings. The normalized spacial score (nSPS) is 11.7. The highest BCUT2D eigenvalue weighted by Crippen LogP contribution is 2.37. The molecule has 1 nitrogen and oxygen atoms in total. The van der Waals surface area contributed by atoms with Gasteiger partial charge in [0, 0.05) is 5.69 Å². The second kappa shape index (κ2) is 6.68. The number of hydrogen-bond acceptors (Lipinski definition) is 1. The molecule has 2 N–H and O–H groups in total.